The fourth-order valence-electron chi connectivity index (χ4n) is 2.07. The highest BCUT2D eigenvalue weighted by molar-refractivity contribution is 6.31. The smallest absolute Gasteiger partial charge is 0.172 e. The van der Waals surface area contributed by atoms with Crippen LogP contribution in [0.15, 0.2) is 18.2 Å². The molecule has 0 fully saturated rings. The van der Waals surface area contributed by atoms with E-state index in [-0.39, 0.29) is 18.1 Å². The highest BCUT2D eigenvalue weighted by Crippen LogP contribution is 2.20. The normalized spacial score (nSPS) is 12.9. The van der Waals surface area contributed by atoms with Gasteiger partial charge in [0.1, 0.15) is 5.82 Å². The van der Waals surface area contributed by atoms with E-state index in [4.69, 9.17) is 21.1 Å². The molecule has 3 nitrogen and oxygen atoms in total. The Morgan fingerprint density at radius 3 is 2.40 bits per heavy atom. The van der Waals surface area contributed by atoms with Crippen molar-refractivity contribution >= 4 is 11.6 Å². The van der Waals surface area contributed by atoms with Crippen molar-refractivity contribution in [2.45, 2.75) is 39.5 Å². The van der Waals surface area contributed by atoms with Crippen LogP contribution in [0.1, 0.15) is 26.3 Å². The van der Waals surface area contributed by atoms with Crippen LogP contribution in [0, 0.1) is 5.82 Å². The highest BCUT2D eigenvalue weighted by atomic mass is 35.5. The molecule has 0 aliphatic heterocycles. The molecule has 1 N–H and O–H groups in total. The molecule has 0 aromatic heterocycles. The summed E-state index contributed by atoms with van der Waals surface area (Å²) in [6.07, 6.45) is 0.180. The number of halogens is 2. The lowest BCUT2D eigenvalue weighted by Crippen LogP contribution is -2.44. The average molecular weight is 304 g/mol. The van der Waals surface area contributed by atoms with E-state index in [0.29, 0.717) is 24.7 Å². The van der Waals surface area contributed by atoms with Crippen molar-refractivity contribution in [1.29, 1.82) is 0 Å². The summed E-state index contributed by atoms with van der Waals surface area (Å²) < 4.78 is 24.6. The molecule has 1 unspecified atom stereocenters. The second-order valence-corrected chi connectivity index (χ2v) is 4.79. The molecule has 5 heteroatoms. The minimum absolute atomic E-state index is 0.0702. The largest absolute Gasteiger partial charge is 0.351 e. The zero-order valence-corrected chi connectivity index (χ0v) is 13.0. The molecule has 20 heavy (non-hydrogen) atoms. The van der Waals surface area contributed by atoms with Crippen LogP contribution in [-0.4, -0.2) is 32.1 Å². The second kappa shape index (κ2) is 9.29. The maximum Gasteiger partial charge on any atom is 0.172 e. The Morgan fingerprint density at radius 2 is 1.85 bits per heavy atom. The summed E-state index contributed by atoms with van der Waals surface area (Å²) in [4.78, 5) is 0. The lowest BCUT2D eigenvalue weighted by Gasteiger charge is -2.27. The number of hydrogen-bond donors (Lipinski definition) is 1. The topological polar surface area (TPSA) is 30.5 Å². The summed E-state index contributed by atoms with van der Waals surface area (Å²) in [5, 5.41) is 3.87. The Morgan fingerprint density at radius 1 is 1.20 bits per heavy atom. The quantitative estimate of drug-likeness (QED) is 0.709. The molecule has 0 aliphatic rings. The van der Waals surface area contributed by atoms with Gasteiger partial charge >= 0.3 is 0 Å². The van der Waals surface area contributed by atoms with Crippen molar-refractivity contribution in [2.75, 3.05) is 19.8 Å². The molecule has 114 valence electrons. The monoisotopic (exact) mass is 303 g/mol. The fraction of sp³-hybridized carbons (Fsp3) is 0.600. The Hall–Kier alpha value is -0.680. The molecular weight excluding hydrogens is 281 g/mol. The van der Waals surface area contributed by atoms with Gasteiger partial charge in [-0.15, -0.1) is 0 Å². The van der Waals surface area contributed by atoms with Crippen molar-refractivity contribution in [1.82, 2.24) is 5.32 Å². The number of rotatable bonds is 9. The predicted octanol–water partition coefficient (Wildman–Crippen LogP) is 3.40. The van der Waals surface area contributed by atoms with Crippen LogP contribution in [0.5, 0.6) is 0 Å². The summed E-state index contributed by atoms with van der Waals surface area (Å²) in [5.74, 6) is -0.288. The van der Waals surface area contributed by atoms with Crippen LogP contribution in [0.2, 0.25) is 5.02 Å². The van der Waals surface area contributed by atoms with E-state index in [9.17, 15) is 4.39 Å². The van der Waals surface area contributed by atoms with E-state index < -0.39 is 0 Å². The molecule has 0 saturated carbocycles. The van der Waals surface area contributed by atoms with Crippen molar-refractivity contribution in [3.05, 3.63) is 34.6 Å². The third kappa shape index (κ3) is 5.37. The van der Waals surface area contributed by atoms with Crippen molar-refractivity contribution in [2.24, 2.45) is 0 Å². The van der Waals surface area contributed by atoms with Gasteiger partial charge in [-0.3, -0.25) is 0 Å². The van der Waals surface area contributed by atoms with Gasteiger partial charge in [-0.1, -0.05) is 18.5 Å². The first-order chi connectivity index (χ1) is 9.62. The average Bonchev–Trinajstić information content (AvgIpc) is 2.42. The maximum absolute atomic E-state index is 13.3. The maximum atomic E-state index is 13.3. The van der Waals surface area contributed by atoms with E-state index in [1.807, 2.05) is 20.8 Å². The number of nitrogens with one attached hydrogen (secondary N) is 1. The SMILES string of the molecule is CCNC(Cc1cc(F)ccc1Cl)C(OCC)OCC. The summed E-state index contributed by atoms with van der Waals surface area (Å²) in [7, 11) is 0. The van der Waals surface area contributed by atoms with Crippen LogP contribution in [-0.2, 0) is 15.9 Å². The first-order valence-electron chi connectivity index (χ1n) is 7.02. The van der Waals surface area contributed by atoms with E-state index in [1.165, 1.54) is 12.1 Å². The van der Waals surface area contributed by atoms with E-state index >= 15 is 0 Å². The van der Waals surface area contributed by atoms with Gasteiger partial charge < -0.3 is 14.8 Å². The van der Waals surface area contributed by atoms with Crippen molar-refractivity contribution in [3.8, 4) is 0 Å². The Labute approximate surface area is 125 Å². The standard InChI is InChI=1S/C15H23ClFNO2/c1-4-18-14(15(19-5-2)20-6-3)10-11-9-12(17)7-8-13(11)16/h7-9,14-15,18H,4-6,10H2,1-3H3. The fourth-order valence-corrected chi connectivity index (χ4v) is 2.27. The van der Waals surface area contributed by atoms with E-state index in [0.717, 1.165) is 12.1 Å². The van der Waals surface area contributed by atoms with E-state index in [1.54, 1.807) is 6.07 Å². The molecule has 0 amide bonds. The first kappa shape index (κ1) is 17.4. The zero-order chi connectivity index (χ0) is 15.0. The molecule has 1 rings (SSSR count). The minimum atomic E-state index is -0.371. The lowest BCUT2D eigenvalue weighted by atomic mass is 10.0. The number of ether oxygens (including phenoxy) is 2. The Kier molecular flexibility index (Phi) is 8.07. The number of likely N-dealkylation sites (N-methyl/N-ethyl adjacent to an activating group) is 1. The molecule has 1 atom stereocenters. The summed E-state index contributed by atoms with van der Waals surface area (Å²) in [6.45, 7) is 7.74. The highest BCUT2D eigenvalue weighted by Gasteiger charge is 2.23. The molecular formula is C15H23ClFNO2. The van der Waals surface area contributed by atoms with Crippen LogP contribution in [0.3, 0.4) is 0 Å². The lowest BCUT2D eigenvalue weighted by molar-refractivity contribution is -0.153. The van der Waals surface area contributed by atoms with Crippen LogP contribution >= 0.6 is 11.6 Å². The van der Waals surface area contributed by atoms with Crippen LogP contribution in [0.4, 0.5) is 4.39 Å². The van der Waals surface area contributed by atoms with Gasteiger partial charge in [-0.05, 0) is 50.6 Å². The summed E-state index contributed by atoms with van der Waals surface area (Å²) in [5.41, 5.74) is 0.752. The molecule has 0 spiro atoms. The van der Waals surface area contributed by atoms with Crippen molar-refractivity contribution in [3.63, 3.8) is 0 Å². The molecule has 1 aromatic carbocycles. The third-order valence-electron chi connectivity index (χ3n) is 2.90. The Balaban J connectivity index is 2.86. The molecule has 1 aromatic rings. The van der Waals surface area contributed by atoms with Gasteiger partial charge in [0.2, 0.25) is 0 Å². The molecule has 0 radical (unpaired) electrons. The van der Waals surface area contributed by atoms with Crippen LogP contribution < -0.4 is 5.32 Å². The van der Waals surface area contributed by atoms with Gasteiger partial charge in [0, 0.05) is 18.2 Å². The predicted molar refractivity (Wildman–Crippen MR) is 79.6 cm³/mol. The first-order valence-corrected chi connectivity index (χ1v) is 7.40. The third-order valence-corrected chi connectivity index (χ3v) is 3.27. The molecule has 0 bridgehead atoms. The Bertz CT molecular complexity index is 397. The summed E-state index contributed by atoms with van der Waals surface area (Å²) >= 11 is 6.12. The second-order valence-electron chi connectivity index (χ2n) is 4.38. The summed E-state index contributed by atoms with van der Waals surface area (Å²) in [6, 6.07) is 4.32. The zero-order valence-electron chi connectivity index (χ0n) is 12.3. The minimum Gasteiger partial charge on any atom is -0.351 e. The van der Waals surface area contributed by atoms with Gasteiger partial charge in [0.25, 0.3) is 0 Å². The molecule has 0 saturated heterocycles. The van der Waals surface area contributed by atoms with Gasteiger partial charge in [0.15, 0.2) is 6.29 Å². The molecule has 0 heterocycles. The van der Waals surface area contributed by atoms with Gasteiger partial charge in [0.05, 0.1) is 6.04 Å². The number of benzene rings is 1. The molecule has 0 aliphatic carbocycles. The van der Waals surface area contributed by atoms with E-state index in [2.05, 4.69) is 5.32 Å². The van der Waals surface area contributed by atoms with Gasteiger partial charge in [-0.25, -0.2) is 4.39 Å². The van der Waals surface area contributed by atoms with Gasteiger partial charge in [-0.2, -0.15) is 0 Å². The number of hydrogen-bond acceptors (Lipinski definition) is 3. The van der Waals surface area contributed by atoms with Crippen molar-refractivity contribution < 1.29 is 13.9 Å². The van der Waals surface area contributed by atoms with Crippen LogP contribution in [0.25, 0.3) is 0 Å².